The Labute approximate surface area is 161 Å². The molecule has 0 aromatic heterocycles. The van der Waals surface area contributed by atoms with E-state index in [1.165, 1.54) is 5.56 Å². The third-order valence-corrected chi connectivity index (χ3v) is 4.74. The number of carbonyl (C=O) groups excluding carboxylic acids is 1. The third-order valence-electron chi connectivity index (χ3n) is 4.44. The highest BCUT2D eigenvalue weighted by atomic mass is 35.5. The lowest BCUT2D eigenvalue weighted by Gasteiger charge is -2.22. The molecular formula is C21H26ClN3O. The van der Waals surface area contributed by atoms with E-state index in [0.29, 0.717) is 17.3 Å². The van der Waals surface area contributed by atoms with Crippen LogP contribution in [-0.2, 0) is 11.3 Å². The van der Waals surface area contributed by atoms with Gasteiger partial charge in [0.05, 0.1) is 23.6 Å². The minimum atomic E-state index is 0.509. The number of aliphatic imine (C=N–C) groups is 1. The zero-order valence-electron chi connectivity index (χ0n) is 16.1. The monoisotopic (exact) mass is 371 g/mol. The molecule has 0 spiro atoms. The van der Waals surface area contributed by atoms with Gasteiger partial charge in [0.25, 0.3) is 0 Å². The van der Waals surface area contributed by atoms with Gasteiger partial charge in [0.15, 0.2) is 0 Å². The summed E-state index contributed by atoms with van der Waals surface area (Å²) in [5.41, 5.74) is 5.92. The number of rotatable bonds is 7. The highest BCUT2D eigenvalue weighted by Crippen LogP contribution is 2.33. The van der Waals surface area contributed by atoms with Crippen molar-refractivity contribution >= 4 is 35.7 Å². The van der Waals surface area contributed by atoms with Crippen LogP contribution in [0.25, 0.3) is 0 Å². The molecule has 0 aliphatic heterocycles. The maximum atomic E-state index is 11.8. The van der Waals surface area contributed by atoms with E-state index >= 15 is 0 Å². The van der Waals surface area contributed by atoms with Crippen LogP contribution in [0.2, 0.25) is 5.02 Å². The molecule has 26 heavy (non-hydrogen) atoms. The average Bonchev–Trinajstić information content (AvgIpc) is 2.62. The number of nitrogens with zero attached hydrogens (tertiary/aromatic N) is 3. The molecule has 2 rings (SSSR count). The van der Waals surface area contributed by atoms with Gasteiger partial charge >= 0.3 is 0 Å². The first-order valence-corrected chi connectivity index (χ1v) is 9.06. The molecule has 0 fully saturated rings. The van der Waals surface area contributed by atoms with Crippen molar-refractivity contribution < 1.29 is 4.79 Å². The standard InChI is InChI=1S/C21H26ClN3O/c1-6-24(5)13-23-20-10-17(4)21(11-19(20)22)25(14-26)12-18-9-15(2)7-8-16(18)3/h7-11,13-14H,6,12H2,1-5H3/b23-13+. The molecule has 2 aromatic carbocycles. The predicted octanol–water partition coefficient (Wildman–Crippen LogP) is 5.04. The van der Waals surface area contributed by atoms with Gasteiger partial charge in [0.2, 0.25) is 6.41 Å². The number of amides is 1. The van der Waals surface area contributed by atoms with E-state index < -0.39 is 0 Å². The Kier molecular flexibility index (Phi) is 6.81. The molecule has 1 amide bonds. The molecule has 0 radical (unpaired) electrons. The molecule has 0 saturated carbocycles. The summed E-state index contributed by atoms with van der Waals surface area (Å²) >= 11 is 6.41. The van der Waals surface area contributed by atoms with Gasteiger partial charge in [-0.1, -0.05) is 35.4 Å². The Balaban J connectivity index is 2.33. The molecule has 0 aliphatic carbocycles. The Morgan fingerprint density at radius 3 is 2.50 bits per heavy atom. The Morgan fingerprint density at radius 1 is 1.12 bits per heavy atom. The van der Waals surface area contributed by atoms with Gasteiger partial charge in [-0.15, -0.1) is 0 Å². The largest absolute Gasteiger partial charge is 0.366 e. The lowest BCUT2D eigenvalue weighted by molar-refractivity contribution is -0.107. The molecule has 0 aliphatic rings. The van der Waals surface area contributed by atoms with E-state index in [1.807, 2.05) is 31.0 Å². The van der Waals surface area contributed by atoms with Crippen molar-refractivity contribution in [1.82, 2.24) is 4.90 Å². The topological polar surface area (TPSA) is 35.9 Å². The summed E-state index contributed by atoms with van der Waals surface area (Å²) in [6.07, 6.45) is 2.61. The first-order valence-electron chi connectivity index (χ1n) is 8.68. The van der Waals surface area contributed by atoms with E-state index in [1.54, 1.807) is 11.2 Å². The second kappa shape index (κ2) is 8.86. The second-order valence-corrected chi connectivity index (χ2v) is 6.98. The zero-order valence-corrected chi connectivity index (χ0v) is 16.8. The van der Waals surface area contributed by atoms with Gasteiger partial charge in [-0.25, -0.2) is 4.99 Å². The number of hydrogen-bond donors (Lipinski definition) is 0. The van der Waals surface area contributed by atoms with Crippen molar-refractivity contribution in [2.45, 2.75) is 34.2 Å². The molecule has 0 N–H and O–H groups in total. The van der Waals surface area contributed by atoms with Crippen LogP contribution in [0, 0.1) is 20.8 Å². The fourth-order valence-corrected chi connectivity index (χ4v) is 2.85. The normalized spacial score (nSPS) is 11.0. The molecule has 138 valence electrons. The van der Waals surface area contributed by atoms with Crippen molar-refractivity contribution in [3.63, 3.8) is 0 Å². The number of benzene rings is 2. The maximum Gasteiger partial charge on any atom is 0.214 e. The Morgan fingerprint density at radius 2 is 1.85 bits per heavy atom. The van der Waals surface area contributed by atoms with E-state index in [9.17, 15) is 4.79 Å². The minimum absolute atomic E-state index is 0.509. The molecule has 0 unspecified atom stereocenters. The van der Waals surface area contributed by atoms with Crippen LogP contribution in [0.4, 0.5) is 11.4 Å². The van der Waals surface area contributed by atoms with Crippen LogP contribution in [0.1, 0.15) is 29.2 Å². The van der Waals surface area contributed by atoms with Crippen molar-refractivity contribution in [1.29, 1.82) is 0 Å². The van der Waals surface area contributed by atoms with E-state index in [-0.39, 0.29) is 0 Å². The summed E-state index contributed by atoms with van der Waals surface area (Å²) in [4.78, 5) is 19.8. The summed E-state index contributed by atoms with van der Waals surface area (Å²) in [5.74, 6) is 0. The summed E-state index contributed by atoms with van der Waals surface area (Å²) < 4.78 is 0. The van der Waals surface area contributed by atoms with Crippen LogP contribution < -0.4 is 4.90 Å². The van der Waals surface area contributed by atoms with Crippen molar-refractivity contribution in [3.8, 4) is 0 Å². The van der Waals surface area contributed by atoms with Gasteiger partial charge in [-0.2, -0.15) is 0 Å². The first-order chi connectivity index (χ1) is 12.3. The minimum Gasteiger partial charge on any atom is -0.366 e. The van der Waals surface area contributed by atoms with Crippen LogP contribution in [-0.4, -0.2) is 31.2 Å². The fourth-order valence-electron chi connectivity index (χ4n) is 2.64. The van der Waals surface area contributed by atoms with Crippen LogP contribution in [0.5, 0.6) is 0 Å². The highest BCUT2D eigenvalue weighted by Gasteiger charge is 2.14. The summed E-state index contributed by atoms with van der Waals surface area (Å²) in [6.45, 7) is 9.50. The molecule has 5 heteroatoms. The number of hydrogen-bond acceptors (Lipinski definition) is 2. The van der Waals surface area contributed by atoms with Crippen LogP contribution in [0.15, 0.2) is 35.3 Å². The number of halogens is 1. The Bertz CT molecular complexity index is 817. The summed E-state index contributed by atoms with van der Waals surface area (Å²) in [5, 5.41) is 0.527. The fraction of sp³-hybridized carbons (Fsp3) is 0.333. The van der Waals surface area contributed by atoms with Gasteiger partial charge in [0, 0.05) is 19.3 Å². The second-order valence-electron chi connectivity index (χ2n) is 6.57. The van der Waals surface area contributed by atoms with Gasteiger partial charge in [0.1, 0.15) is 0 Å². The van der Waals surface area contributed by atoms with E-state index in [0.717, 1.165) is 35.3 Å². The van der Waals surface area contributed by atoms with E-state index in [4.69, 9.17) is 11.6 Å². The lowest BCUT2D eigenvalue weighted by Crippen LogP contribution is -2.22. The SMILES string of the molecule is CCN(C)/C=N/c1cc(C)c(N(C=O)Cc2cc(C)ccc2C)cc1Cl. The molecule has 0 heterocycles. The lowest BCUT2D eigenvalue weighted by atomic mass is 10.0. The van der Waals surface area contributed by atoms with Gasteiger partial charge < -0.3 is 9.80 Å². The number of anilines is 1. The van der Waals surface area contributed by atoms with Crippen LogP contribution in [0.3, 0.4) is 0 Å². The summed E-state index contributed by atoms with van der Waals surface area (Å²) in [6, 6.07) is 10.00. The average molecular weight is 372 g/mol. The summed E-state index contributed by atoms with van der Waals surface area (Å²) in [7, 11) is 1.96. The van der Waals surface area contributed by atoms with Gasteiger partial charge in [-0.05, 0) is 56.5 Å². The van der Waals surface area contributed by atoms with Crippen LogP contribution >= 0.6 is 11.6 Å². The quantitative estimate of drug-likeness (QED) is 0.388. The van der Waals surface area contributed by atoms with Gasteiger partial charge in [-0.3, -0.25) is 4.79 Å². The molecule has 0 atom stereocenters. The predicted molar refractivity (Wildman–Crippen MR) is 111 cm³/mol. The highest BCUT2D eigenvalue weighted by molar-refractivity contribution is 6.33. The third kappa shape index (κ3) is 4.85. The molecule has 2 aromatic rings. The molecule has 0 bridgehead atoms. The number of carbonyl (C=O) groups is 1. The zero-order chi connectivity index (χ0) is 19.3. The molecule has 0 saturated heterocycles. The molecule has 4 nitrogen and oxygen atoms in total. The van der Waals surface area contributed by atoms with Crippen molar-refractivity contribution in [3.05, 3.63) is 57.6 Å². The Hall–Kier alpha value is -2.33. The first kappa shape index (κ1) is 20.0. The number of aryl methyl sites for hydroxylation is 3. The van der Waals surface area contributed by atoms with E-state index in [2.05, 4.69) is 44.0 Å². The maximum absolute atomic E-state index is 11.8. The smallest absolute Gasteiger partial charge is 0.214 e. The van der Waals surface area contributed by atoms with Crippen molar-refractivity contribution in [2.75, 3.05) is 18.5 Å². The molecular weight excluding hydrogens is 346 g/mol. The van der Waals surface area contributed by atoms with Crippen molar-refractivity contribution in [2.24, 2.45) is 4.99 Å².